The Morgan fingerprint density at radius 2 is 1.56 bits per heavy atom. The Hall–Kier alpha value is -3.85. The van der Waals surface area contributed by atoms with Gasteiger partial charge in [-0.25, -0.2) is 13.8 Å². The van der Waals surface area contributed by atoms with Gasteiger partial charge in [-0.05, 0) is 67.1 Å². The predicted octanol–water partition coefficient (Wildman–Crippen LogP) is 3.58. The number of nitrogens with one attached hydrogen (secondary N) is 2. The summed E-state index contributed by atoms with van der Waals surface area (Å²) in [6.07, 6.45) is 1.48. The van der Waals surface area contributed by atoms with Crippen molar-refractivity contribution >= 4 is 27.8 Å². The summed E-state index contributed by atoms with van der Waals surface area (Å²) < 4.78 is 37.8. The van der Waals surface area contributed by atoms with Gasteiger partial charge in [0.1, 0.15) is 0 Å². The fraction of sp³-hybridized carbons (Fsp3) is 0.130. The molecule has 32 heavy (non-hydrogen) atoms. The lowest BCUT2D eigenvalue weighted by molar-refractivity contribution is 0.0955. The number of benzene rings is 3. The smallest absolute Gasteiger partial charge is 0.271 e. The maximum absolute atomic E-state index is 12.5. The lowest BCUT2D eigenvalue weighted by Crippen LogP contribution is -2.18. The van der Waals surface area contributed by atoms with E-state index in [2.05, 4.69) is 15.2 Å². The molecule has 0 aliphatic heterocycles. The Labute approximate surface area is 186 Å². The lowest BCUT2D eigenvalue weighted by atomic mass is 10.2. The van der Waals surface area contributed by atoms with E-state index in [0.717, 1.165) is 5.56 Å². The van der Waals surface area contributed by atoms with Crippen LogP contribution in [0.25, 0.3) is 0 Å². The van der Waals surface area contributed by atoms with Crippen molar-refractivity contribution in [3.05, 3.63) is 83.4 Å². The number of rotatable bonds is 8. The highest BCUT2D eigenvalue weighted by Gasteiger charge is 2.14. The molecule has 0 unspecified atom stereocenters. The first-order valence-electron chi connectivity index (χ1n) is 9.57. The highest BCUT2D eigenvalue weighted by Crippen LogP contribution is 2.26. The summed E-state index contributed by atoms with van der Waals surface area (Å²) >= 11 is 0. The molecule has 0 spiro atoms. The molecule has 0 aliphatic rings. The maximum atomic E-state index is 12.5. The number of amides is 1. The summed E-state index contributed by atoms with van der Waals surface area (Å²) in [4.78, 5) is 12.5. The summed E-state index contributed by atoms with van der Waals surface area (Å²) in [5.74, 6) is 0.702. The largest absolute Gasteiger partial charge is 0.493 e. The van der Waals surface area contributed by atoms with Gasteiger partial charge in [0.05, 0.1) is 25.3 Å². The van der Waals surface area contributed by atoms with Crippen LogP contribution >= 0.6 is 0 Å². The molecule has 0 bridgehead atoms. The van der Waals surface area contributed by atoms with E-state index in [0.29, 0.717) is 28.3 Å². The van der Waals surface area contributed by atoms with Gasteiger partial charge >= 0.3 is 0 Å². The second kappa shape index (κ2) is 9.97. The molecule has 8 nitrogen and oxygen atoms in total. The molecule has 3 aromatic rings. The molecule has 9 heteroatoms. The molecule has 0 saturated carbocycles. The molecule has 0 atom stereocenters. The van der Waals surface area contributed by atoms with E-state index in [-0.39, 0.29) is 4.90 Å². The number of sulfonamides is 1. The number of hydrazone groups is 1. The summed E-state index contributed by atoms with van der Waals surface area (Å²) in [5.41, 5.74) is 4.78. The summed E-state index contributed by atoms with van der Waals surface area (Å²) in [5, 5.41) is 3.94. The normalized spacial score (nSPS) is 11.2. The molecule has 0 aromatic heterocycles. The number of ether oxygens (including phenoxy) is 2. The average Bonchev–Trinajstić information content (AvgIpc) is 2.79. The summed E-state index contributed by atoms with van der Waals surface area (Å²) in [6.45, 7) is 1.88. The second-order valence-corrected chi connectivity index (χ2v) is 8.49. The van der Waals surface area contributed by atoms with Crippen LogP contribution in [0.5, 0.6) is 11.5 Å². The topological polar surface area (TPSA) is 106 Å². The van der Waals surface area contributed by atoms with E-state index >= 15 is 0 Å². The lowest BCUT2D eigenvalue weighted by Gasteiger charge is -2.09. The van der Waals surface area contributed by atoms with Crippen molar-refractivity contribution in [2.45, 2.75) is 11.8 Å². The zero-order valence-corrected chi connectivity index (χ0v) is 18.6. The Bertz CT molecular complexity index is 1220. The third-order valence-corrected chi connectivity index (χ3v) is 5.92. The van der Waals surface area contributed by atoms with Crippen molar-refractivity contribution in [2.75, 3.05) is 18.9 Å². The minimum atomic E-state index is -3.71. The zero-order valence-electron chi connectivity index (χ0n) is 17.8. The van der Waals surface area contributed by atoms with E-state index in [1.165, 1.54) is 49.7 Å². The van der Waals surface area contributed by atoms with Crippen molar-refractivity contribution < 1.29 is 22.7 Å². The van der Waals surface area contributed by atoms with E-state index < -0.39 is 15.9 Å². The van der Waals surface area contributed by atoms with Gasteiger partial charge in [-0.3, -0.25) is 9.52 Å². The zero-order chi connectivity index (χ0) is 23.1. The number of anilines is 1. The van der Waals surface area contributed by atoms with Gasteiger partial charge in [0, 0.05) is 11.3 Å². The van der Waals surface area contributed by atoms with Gasteiger partial charge in [-0.15, -0.1) is 0 Å². The quantitative estimate of drug-likeness (QED) is 0.401. The average molecular weight is 454 g/mol. The minimum absolute atomic E-state index is 0.161. The number of hydrogen-bond acceptors (Lipinski definition) is 6. The Morgan fingerprint density at radius 3 is 2.19 bits per heavy atom. The molecule has 2 N–H and O–H groups in total. The molecular weight excluding hydrogens is 430 g/mol. The van der Waals surface area contributed by atoms with Crippen LogP contribution < -0.4 is 19.6 Å². The summed E-state index contributed by atoms with van der Waals surface area (Å²) in [6, 6.07) is 17.8. The van der Waals surface area contributed by atoms with Gasteiger partial charge in [-0.1, -0.05) is 17.7 Å². The van der Waals surface area contributed by atoms with Crippen LogP contribution in [-0.4, -0.2) is 34.8 Å². The molecule has 0 saturated heterocycles. The predicted molar refractivity (Wildman–Crippen MR) is 123 cm³/mol. The standard InChI is InChI=1S/C23H23N3O5S/c1-16-4-11-20(12-5-16)32(28,29)26-19-9-7-18(8-10-19)23(27)25-24-15-17-6-13-21(30-2)22(14-17)31-3/h4-15,26H,1-3H3,(H,25,27)/b24-15-. The maximum Gasteiger partial charge on any atom is 0.271 e. The first kappa shape index (κ1) is 22.8. The van der Waals surface area contributed by atoms with Gasteiger partial charge in [0.15, 0.2) is 11.5 Å². The molecule has 0 heterocycles. The highest BCUT2D eigenvalue weighted by molar-refractivity contribution is 7.92. The van der Waals surface area contributed by atoms with Gasteiger partial charge in [0.2, 0.25) is 0 Å². The number of hydrogen-bond donors (Lipinski definition) is 2. The number of methoxy groups -OCH3 is 2. The van der Waals surface area contributed by atoms with Crippen molar-refractivity contribution in [2.24, 2.45) is 5.10 Å². The van der Waals surface area contributed by atoms with Crippen LogP contribution in [0.1, 0.15) is 21.5 Å². The Kier molecular flexibility index (Phi) is 7.11. The summed E-state index contributed by atoms with van der Waals surface area (Å²) in [7, 11) is -0.633. The van der Waals surface area contributed by atoms with Crippen LogP contribution in [0.15, 0.2) is 76.7 Å². The number of carbonyl (C=O) groups is 1. The van der Waals surface area contributed by atoms with Crippen molar-refractivity contribution in [3.63, 3.8) is 0 Å². The van der Waals surface area contributed by atoms with E-state index in [9.17, 15) is 13.2 Å². The number of carbonyl (C=O) groups excluding carboxylic acids is 1. The molecule has 1 amide bonds. The van der Waals surface area contributed by atoms with Gasteiger partial charge < -0.3 is 9.47 Å². The SMILES string of the molecule is COc1ccc(/C=N\NC(=O)c2ccc(NS(=O)(=O)c3ccc(C)cc3)cc2)cc1OC. The Morgan fingerprint density at radius 1 is 0.906 bits per heavy atom. The first-order chi connectivity index (χ1) is 15.3. The van der Waals surface area contributed by atoms with Crippen LogP contribution in [-0.2, 0) is 10.0 Å². The molecular formula is C23H23N3O5S. The number of aryl methyl sites for hydroxylation is 1. The van der Waals surface area contributed by atoms with Crippen LogP contribution in [0.2, 0.25) is 0 Å². The molecule has 3 aromatic carbocycles. The van der Waals surface area contributed by atoms with Crippen molar-refractivity contribution in [3.8, 4) is 11.5 Å². The van der Waals surface area contributed by atoms with Crippen LogP contribution in [0, 0.1) is 6.92 Å². The molecule has 0 radical (unpaired) electrons. The van der Waals surface area contributed by atoms with Crippen molar-refractivity contribution in [1.82, 2.24) is 5.43 Å². The van der Waals surface area contributed by atoms with Crippen molar-refractivity contribution in [1.29, 1.82) is 0 Å². The highest BCUT2D eigenvalue weighted by atomic mass is 32.2. The molecule has 0 aliphatic carbocycles. The van der Waals surface area contributed by atoms with E-state index in [1.54, 1.807) is 37.4 Å². The van der Waals surface area contributed by atoms with Gasteiger partial charge in [-0.2, -0.15) is 5.10 Å². The van der Waals surface area contributed by atoms with Crippen LogP contribution in [0.4, 0.5) is 5.69 Å². The fourth-order valence-corrected chi connectivity index (χ4v) is 3.84. The third-order valence-electron chi connectivity index (χ3n) is 4.52. The molecule has 0 fully saturated rings. The minimum Gasteiger partial charge on any atom is -0.493 e. The number of nitrogens with zero attached hydrogens (tertiary/aromatic N) is 1. The molecule has 166 valence electrons. The second-order valence-electron chi connectivity index (χ2n) is 6.81. The first-order valence-corrected chi connectivity index (χ1v) is 11.1. The Balaban J connectivity index is 1.62. The fourth-order valence-electron chi connectivity index (χ4n) is 2.78. The van der Waals surface area contributed by atoms with E-state index in [1.807, 2.05) is 6.92 Å². The third kappa shape index (κ3) is 5.64. The van der Waals surface area contributed by atoms with Crippen LogP contribution in [0.3, 0.4) is 0 Å². The molecule has 3 rings (SSSR count). The van der Waals surface area contributed by atoms with Gasteiger partial charge in [0.25, 0.3) is 15.9 Å². The van der Waals surface area contributed by atoms with E-state index in [4.69, 9.17) is 9.47 Å². The monoisotopic (exact) mass is 453 g/mol.